The summed E-state index contributed by atoms with van der Waals surface area (Å²) in [6.45, 7) is 0.341. The average Bonchev–Trinajstić information content (AvgIpc) is 2.98. The molecule has 1 N–H and O–H groups in total. The number of amides is 1. The molecule has 1 amide bonds. The van der Waals surface area contributed by atoms with Gasteiger partial charge in [-0.05, 0) is 30.5 Å². The van der Waals surface area contributed by atoms with Gasteiger partial charge in [-0.15, -0.1) is 0 Å². The molecule has 0 atom stereocenters. The molecule has 0 aliphatic carbocycles. The van der Waals surface area contributed by atoms with Crippen LogP contribution in [0.1, 0.15) is 17.7 Å². The molecule has 1 aliphatic heterocycles. The standard InChI is InChI=1S/C15H16N4O3S/c20-15(6-5-13-7-9-16-11-17-13)18-23(21,22)19-10-8-12-3-1-2-4-14(12)19/h1-4,7,9,11H,5-6,8,10H2,(H,18,20). The number of carbonyl (C=O) groups excluding carboxylic acids is 1. The van der Waals surface area contributed by atoms with Gasteiger partial charge in [-0.25, -0.2) is 14.7 Å². The molecule has 1 aromatic carbocycles. The number of para-hydroxylation sites is 1. The van der Waals surface area contributed by atoms with Crippen LogP contribution in [0.2, 0.25) is 0 Å². The topological polar surface area (TPSA) is 92.3 Å². The highest BCUT2D eigenvalue weighted by molar-refractivity contribution is 7.91. The minimum Gasteiger partial charge on any atom is -0.274 e. The molecule has 120 valence electrons. The lowest BCUT2D eigenvalue weighted by molar-refractivity contribution is -0.119. The third kappa shape index (κ3) is 3.48. The van der Waals surface area contributed by atoms with Crippen LogP contribution in [-0.2, 0) is 27.8 Å². The number of aromatic nitrogens is 2. The van der Waals surface area contributed by atoms with Crippen molar-refractivity contribution in [3.8, 4) is 0 Å². The molecular formula is C15H16N4O3S. The summed E-state index contributed by atoms with van der Waals surface area (Å²) in [6, 6.07) is 8.98. The Hall–Kier alpha value is -2.48. The summed E-state index contributed by atoms with van der Waals surface area (Å²) in [5, 5.41) is 0. The molecule has 0 saturated carbocycles. The van der Waals surface area contributed by atoms with E-state index in [2.05, 4.69) is 14.7 Å². The molecule has 2 heterocycles. The van der Waals surface area contributed by atoms with Crippen LogP contribution in [0.3, 0.4) is 0 Å². The lowest BCUT2D eigenvalue weighted by Gasteiger charge is -2.19. The number of hydrogen-bond acceptors (Lipinski definition) is 5. The number of carbonyl (C=O) groups is 1. The van der Waals surface area contributed by atoms with Crippen molar-refractivity contribution in [2.75, 3.05) is 10.8 Å². The quantitative estimate of drug-likeness (QED) is 0.875. The first-order valence-corrected chi connectivity index (χ1v) is 8.66. The molecule has 0 saturated heterocycles. The molecule has 7 nitrogen and oxygen atoms in total. The van der Waals surface area contributed by atoms with E-state index in [4.69, 9.17) is 0 Å². The van der Waals surface area contributed by atoms with Gasteiger partial charge in [0.2, 0.25) is 5.91 Å². The van der Waals surface area contributed by atoms with Crippen molar-refractivity contribution in [1.29, 1.82) is 0 Å². The van der Waals surface area contributed by atoms with E-state index in [1.54, 1.807) is 24.4 Å². The zero-order valence-corrected chi connectivity index (χ0v) is 13.2. The van der Waals surface area contributed by atoms with Gasteiger partial charge in [0.1, 0.15) is 6.33 Å². The van der Waals surface area contributed by atoms with Crippen molar-refractivity contribution >= 4 is 21.8 Å². The highest BCUT2D eigenvalue weighted by atomic mass is 32.2. The SMILES string of the molecule is O=C(CCc1ccncn1)NS(=O)(=O)N1CCc2ccccc21. The maximum atomic E-state index is 12.4. The summed E-state index contributed by atoms with van der Waals surface area (Å²) < 4.78 is 28.1. The van der Waals surface area contributed by atoms with E-state index < -0.39 is 16.1 Å². The van der Waals surface area contributed by atoms with Crippen molar-refractivity contribution in [2.45, 2.75) is 19.3 Å². The van der Waals surface area contributed by atoms with Crippen molar-refractivity contribution in [1.82, 2.24) is 14.7 Å². The van der Waals surface area contributed by atoms with E-state index in [9.17, 15) is 13.2 Å². The number of benzene rings is 1. The Morgan fingerprint density at radius 1 is 1.26 bits per heavy atom. The lowest BCUT2D eigenvalue weighted by Crippen LogP contribution is -2.42. The zero-order chi connectivity index (χ0) is 16.3. The predicted molar refractivity (Wildman–Crippen MR) is 84.9 cm³/mol. The fraction of sp³-hybridized carbons (Fsp3) is 0.267. The van der Waals surface area contributed by atoms with E-state index >= 15 is 0 Å². The lowest BCUT2D eigenvalue weighted by atomic mass is 10.2. The Kier molecular flexibility index (Phi) is 4.24. The normalized spacial score (nSPS) is 13.7. The second-order valence-corrected chi connectivity index (χ2v) is 6.78. The van der Waals surface area contributed by atoms with E-state index in [1.165, 1.54) is 10.6 Å². The van der Waals surface area contributed by atoms with Crippen LogP contribution >= 0.6 is 0 Å². The summed E-state index contributed by atoms with van der Waals surface area (Å²) >= 11 is 0. The largest absolute Gasteiger partial charge is 0.326 e. The van der Waals surface area contributed by atoms with E-state index in [1.807, 2.05) is 12.1 Å². The van der Waals surface area contributed by atoms with Crippen molar-refractivity contribution < 1.29 is 13.2 Å². The van der Waals surface area contributed by atoms with Crippen molar-refractivity contribution in [3.63, 3.8) is 0 Å². The van der Waals surface area contributed by atoms with E-state index in [0.29, 0.717) is 30.8 Å². The van der Waals surface area contributed by atoms with Crippen LogP contribution in [0.5, 0.6) is 0 Å². The molecule has 0 spiro atoms. The Labute approximate surface area is 134 Å². The van der Waals surface area contributed by atoms with Crippen molar-refractivity contribution in [2.24, 2.45) is 0 Å². The van der Waals surface area contributed by atoms with Gasteiger partial charge in [-0.2, -0.15) is 8.42 Å². The Morgan fingerprint density at radius 3 is 2.87 bits per heavy atom. The van der Waals surface area contributed by atoms with Gasteiger partial charge in [-0.1, -0.05) is 18.2 Å². The highest BCUT2D eigenvalue weighted by Gasteiger charge is 2.30. The summed E-state index contributed by atoms with van der Waals surface area (Å²) in [7, 11) is -3.88. The van der Waals surface area contributed by atoms with Gasteiger partial charge in [0.25, 0.3) is 0 Å². The van der Waals surface area contributed by atoms with Crippen LogP contribution in [0.4, 0.5) is 5.69 Å². The molecule has 2 aromatic rings. The molecule has 3 rings (SSSR count). The Morgan fingerprint density at radius 2 is 2.09 bits per heavy atom. The fourth-order valence-corrected chi connectivity index (χ4v) is 3.78. The molecule has 0 fully saturated rings. The monoisotopic (exact) mass is 332 g/mol. The molecule has 1 aromatic heterocycles. The highest BCUT2D eigenvalue weighted by Crippen LogP contribution is 2.29. The molecule has 23 heavy (non-hydrogen) atoms. The van der Waals surface area contributed by atoms with Crippen LogP contribution in [0.15, 0.2) is 42.9 Å². The number of aryl methyl sites for hydroxylation is 1. The number of fused-ring (bicyclic) bond motifs is 1. The molecule has 0 bridgehead atoms. The first-order valence-electron chi connectivity index (χ1n) is 7.22. The molecule has 0 unspecified atom stereocenters. The first kappa shape index (κ1) is 15.4. The summed E-state index contributed by atoms with van der Waals surface area (Å²) in [4.78, 5) is 19.7. The third-order valence-corrected chi connectivity index (χ3v) is 5.07. The summed E-state index contributed by atoms with van der Waals surface area (Å²) in [5.74, 6) is -0.548. The first-order chi connectivity index (χ1) is 11.1. The smallest absolute Gasteiger partial charge is 0.274 e. The zero-order valence-electron chi connectivity index (χ0n) is 12.3. The maximum absolute atomic E-state index is 12.4. The maximum Gasteiger partial charge on any atom is 0.326 e. The fourth-order valence-electron chi connectivity index (χ4n) is 2.52. The summed E-state index contributed by atoms with van der Waals surface area (Å²) in [5.41, 5.74) is 2.29. The number of nitrogens with zero attached hydrogens (tertiary/aromatic N) is 3. The van der Waals surface area contributed by atoms with E-state index in [0.717, 1.165) is 5.56 Å². The van der Waals surface area contributed by atoms with Crippen LogP contribution < -0.4 is 9.03 Å². The second kappa shape index (κ2) is 6.33. The minimum absolute atomic E-state index is 0.0474. The van der Waals surface area contributed by atoms with Crippen LogP contribution in [-0.4, -0.2) is 30.8 Å². The van der Waals surface area contributed by atoms with Gasteiger partial charge in [-0.3, -0.25) is 9.10 Å². The molecular weight excluding hydrogens is 316 g/mol. The van der Waals surface area contributed by atoms with Gasteiger partial charge in [0, 0.05) is 24.9 Å². The Balaban J connectivity index is 1.64. The second-order valence-electron chi connectivity index (χ2n) is 5.18. The van der Waals surface area contributed by atoms with Crippen LogP contribution in [0, 0.1) is 0 Å². The van der Waals surface area contributed by atoms with Gasteiger partial charge < -0.3 is 0 Å². The molecule has 8 heteroatoms. The van der Waals surface area contributed by atoms with Crippen molar-refractivity contribution in [3.05, 3.63) is 54.1 Å². The molecule has 1 aliphatic rings. The third-order valence-electron chi connectivity index (χ3n) is 3.63. The van der Waals surface area contributed by atoms with E-state index in [-0.39, 0.29) is 6.42 Å². The number of hydrogen-bond donors (Lipinski definition) is 1. The van der Waals surface area contributed by atoms with Gasteiger partial charge in [0.15, 0.2) is 0 Å². The summed E-state index contributed by atoms with van der Waals surface area (Å²) in [6.07, 6.45) is 4.03. The number of anilines is 1. The Bertz CT molecular complexity index is 808. The van der Waals surface area contributed by atoms with Crippen LogP contribution in [0.25, 0.3) is 0 Å². The number of rotatable bonds is 5. The average molecular weight is 332 g/mol. The molecule has 0 radical (unpaired) electrons. The predicted octanol–water partition coefficient (Wildman–Crippen LogP) is 0.833. The number of nitrogens with one attached hydrogen (secondary N) is 1. The van der Waals surface area contributed by atoms with Gasteiger partial charge >= 0.3 is 10.2 Å². The van der Waals surface area contributed by atoms with Gasteiger partial charge in [0.05, 0.1) is 5.69 Å². The minimum atomic E-state index is -3.88.